The monoisotopic (exact) mass is 396 g/mol. The van der Waals surface area contributed by atoms with Crippen LogP contribution in [0.25, 0.3) is 16.7 Å². The molecule has 4 rings (SSSR count). The maximum absolute atomic E-state index is 12.4. The Bertz CT molecular complexity index is 1200. The number of rotatable bonds is 5. The van der Waals surface area contributed by atoms with Crippen molar-refractivity contribution in [2.45, 2.75) is 24.3 Å². The first-order valence-corrected chi connectivity index (χ1v) is 9.33. The molecule has 1 atom stereocenters. The first-order chi connectivity index (χ1) is 13.5. The number of hydrogen-bond donors (Lipinski definition) is 2. The van der Waals surface area contributed by atoms with E-state index in [4.69, 9.17) is 4.52 Å². The summed E-state index contributed by atoms with van der Waals surface area (Å²) in [7, 11) is 0. The molecule has 1 aromatic carbocycles. The number of aryl methyl sites for hydroxylation is 1. The minimum absolute atomic E-state index is 0.280. The van der Waals surface area contributed by atoms with Gasteiger partial charge in [-0.25, -0.2) is 9.67 Å². The van der Waals surface area contributed by atoms with Crippen molar-refractivity contribution in [2.24, 2.45) is 0 Å². The Morgan fingerprint density at radius 3 is 2.82 bits per heavy atom. The van der Waals surface area contributed by atoms with Crippen molar-refractivity contribution >= 4 is 34.5 Å². The van der Waals surface area contributed by atoms with E-state index in [9.17, 15) is 9.59 Å². The number of amides is 1. The first kappa shape index (κ1) is 18.0. The van der Waals surface area contributed by atoms with Crippen LogP contribution in [0.15, 0.2) is 57.1 Å². The van der Waals surface area contributed by atoms with E-state index < -0.39 is 5.25 Å². The van der Waals surface area contributed by atoms with Gasteiger partial charge >= 0.3 is 0 Å². The Kier molecular flexibility index (Phi) is 4.70. The number of nitrogens with zero attached hydrogens (tertiary/aromatic N) is 4. The molecule has 0 radical (unpaired) electrons. The molecule has 4 aromatic rings. The molecule has 1 amide bonds. The average molecular weight is 396 g/mol. The summed E-state index contributed by atoms with van der Waals surface area (Å²) < 4.78 is 6.53. The van der Waals surface area contributed by atoms with Crippen LogP contribution in [0.1, 0.15) is 12.7 Å². The smallest absolute Gasteiger partial charge is 0.262 e. The fourth-order valence-electron chi connectivity index (χ4n) is 2.59. The van der Waals surface area contributed by atoms with E-state index in [1.807, 2.05) is 30.3 Å². The predicted molar refractivity (Wildman–Crippen MR) is 105 cm³/mol. The van der Waals surface area contributed by atoms with Crippen molar-refractivity contribution in [3.63, 3.8) is 0 Å². The van der Waals surface area contributed by atoms with Crippen LogP contribution in [-0.2, 0) is 4.79 Å². The number of thioether (sulfide) groups is 1. The van der Waals surface area contributed by atoms with Gasteiger partial charge in [0.2, 0.25) is 5.91 Å². The summed E-state index contributed by atoms with van der Waals surface area (Å²) in [5, 5.41) is 10.9. The van der Waals surface area contributed by atoms with E-state index >= 15 is 0 Å². The molecule has 10 heteroatoms. The van der Waals surface area contributed by atoms with E-state index in [0.717, 1.165) is 17.4 Å². The molecule has 0 saturated carbocycles. The molecule has 0 unspecified atom stereocenters. The molecule has 28 heavy (non-hydrogen) atoms. The molecule has 0 bridgehead atoms. The Morgan fingerprint density at radius 1 is 1.32 bits per heavy atom. The lowest BCUT2D eigenvalue weighted by atomic mass is 10.3. The number of hydrogen-bond acceptors (Lipinski definition) is 7. The molecule has 2 N–H and O–H groups in total. The SMILES string of the molecule is Cc1cc(NC(=O)[C@H](C)Sc2nc3c(cnn3-c3ccccc3)c(=O)[nH]2)no1. The maximum Gasteiger partial charge on any atom is 0.262 e. The van der Waals surface area contributed by atoms with E-state index in [2.05, 4.69) is 25.5 Å². The van der Waals surface area contributed by atoms with Gasteiger partial charge in [-0.15, -0.1) is 0 Å². The van der Waals surface area contributed by atoms with E-state index in [-0.39, 0.29) is 11.5 Å². The second-order valence-corrected chi connectivity index (χ2v) is 7.40. The number of aromatic nitrogens is 5. The van der Waals surface area contributed by atoms with Crippen LogP contribution in [0.5, 0.6) is 0 Å². The quantitative estimate of drug-likeness (QED) is 0.393. The Hall–Kier alpha value is -3.40. The van der Waals surface area contributed by atoms with Gasteiger partial charge < -0.3 is 14.8 Å². The number of carbonyl (C=O) groups is 1. The van der Waals surface area contributed by atoms with Crippen molar-refractivity contribution in [1.82, 2.24) is 24.9 Å². The largest absolute Gasteiger partial charge is 0.360 e. The number of benzene rings is 1. The van der Waals surface area contributed by atoms with Crippen LogP contribution >= 0.6 is 11.8 Å². The van der Waals surface area contributed by atoms with Crippen LogP contribution in [0.3, 0.4) is 0 Å². The minimum atomic E-state index is -0.522. The third-order valence-corrected chi connectivity index (χ3v) is 4.94. The molecular formula is C18H16N6O3S. The van der Waals surface area contributed by atoms with Crippen molar-refractivity contribution in [3.05, 3.63) is 58.7 Å². The topological polar surface area (TPSA) is 119 Å². The van der Waals surface area contributed by atoms with Gasteiger partial charge in [-0.3, -0.25) is 9.59 Å². The van der Waals surface area contributed by atoms with Crippen LogP contribution in [0.2, 0.25) is 0 Å². The number of nitrogens with one attached hydrogen (secondary N) is 2. The molecule has 3 aromatic heterocycles. The molecule has 0 aliphatic rings. The van der Waals surface area contributed by atoms with Gasteiger partial charge in [-0.2, -0.15) is 5.10 Å². The van der Waals surface area contributed by atoms with Gasteiger partial charge in [0.25, 0.3) is 5.56 Å². The number of carbonyl (C=O) groups excluding carboxylic acids is 1. The normalized spacial score (nSPS) is 12.2. The minimum Gasteiger partial charge on any atom is -0.360 e. The van der Waals surface area contributed by atoms with E-state index in [1.165, 1.54) is 6.20 Å². The molecule has 0 aliphatic heterocycles. The zero-order chi connectivity index (χ0) is 19.7. The summed E-state index contributed by atoms with van der Waals surface area (Å²) in [6, 6.07) is 11.0. The summed E-state index contributed by atoms with van der Waals surface area (Å²) in [6.45, 7) is 3.45. The van der Waals surface area contributed by atoms with Crippen molar-refractivity contribution in [1.29, 1.82) is 0 Å². The Labute approximate surface area is 163 Å². The fraction of sp³-hybridized carbons (Fsp3) is 0.167. The van der Waals surface area contributed by atoms with Gasteiger partial charge in [0.1, 0.15) is 11.1 Å². The predicted octanol–water partition coefficient (Wildman–Crippen LogP) is 2.52. The van der Waals surface area contributed by atoms with Crippen LogP contribution in [0.4, 0.5) is 5.82 Å². The molecular weight excluding hydrogens is 380 g/mol. The van der Waals surface area contributed by atoms with Crippen molar-refractivity contribution in [3.8, 4) is 5.69 Å². The van der Waals surface area contributed by atoms with Crippen molar-refractivity contribution in [2.75, 3.05) is 5.32 Å². The zero-order valence-electron chi connectivity index (χ0n) is 15.0. The fourth-order valence-corrected chi connectivity index (χ4v) is 3.38. The summed E-state index contributed by atoms with van der Waals surface area (Å²) >= 11 is 1.14. The lowest BCUT2D eigenvalue weighted by Crippen LogP contribution is -2.23. The zero-order valence-corrected chi connectivity index (χ0v) is 15.9. The summed E-state index contributed by atoms with van der Waals surface area (Å²) in [5.41, 5.74) is 0.908. The van der Waals surface area contributed by atoms with Gasteiger partial charge in [0.05, 0.1) is 17.1 Å². The lowest BCUT2D eigenvalue weighted by molar-refractivity contribution is -0.115. The molecule has 0 saturated heterocycles. The summed E-state index contributed by atoms with van der Waals surface area (Å²) in [5.74, 6) is 0.660. The molecule has 0 aliphatic carbocycles. The summed E-state index contributed by atoms with van der Waals surface area (Å²) in [6.07, 6.45) is 1.48. The standard InChI is InChI=1S/C18H16N6O3S/c1-10-8-14(23-27-10)20-16(25)11(2)28-18-21-15-13(17(26)22-18)9-19-24(15)12-6-4-3-5-7-12/h3-9,11H,1-2H3,(H,20,23,25)(H,21,22,26)/t11-/m0/s1. The highest BCUT2D eigenvalue weighted by atomic mass is 32.2. The lowest BCUT2D eigenvalue weighted by Gasteiger charge is -2.10. The van der Waals surface area contributed by atoms with Crippen molar-refractivity contribution < 1.29 is 9.32 Å². The van der Waals surface area contributed by atoms with E-state index in [0.29, 0.717) is 27.8 Å². The highest BCUT2D eigenvalue weighted by molar-refractivity contribution is 8.00. The van der Waals surface area contributed by atoms with Gasteiger partial charge in [0, 0.05) is 6.07 Å². The molecule has 142 valence electrons. The third-order valence-electron chi connectivity index (χ3n) is 3.95. The maximum atomic E-state index is 12.4. The first-order valence-electron chi connectivity index (χ1n) is 8.45. The highest BCUT2D eigenvalue weighted by Gasteiger charge is 2.19. The number of para-hydroxylation sites is 1. The molecule has 0 fully saturated rings. The molecule has 0 spiro atoms. The molecule has 3 heterocycles. The number of anilines is 1. The van der Waals surface area contributed by atoms with Crippen LogP contribution in [0, 0.1) is 6.92 Å². The Balaban J connectivity index is 1.60. The second kappa shape index (κ2) is 7.31. The van der Waals surface area contributed by atoms with Crippen LogP contribution in [-0.4, -0.2) is 36.1 Å². The van der Waals surface area contributed by atoms with Crippen LogP contribution < -0.4 is 10.9 Å². The van der Waals surface area contributed by atoms with Gasteiger partial charge in [0.15, 0.2) is 16.6 Å². The average Bonchev–Trinajstić information content (AvgIpc) is 3.28. The highest BCUT2D eigenvalue weighted by Crippen LogP contribution is 2.22. The molecule has 9 nitrogen and oxygen atoms in total. The number of fused-ring (bicyclic) bond motifs is 1. The third kappa shape index (κ3) is 3.54. The van der Waals surface area contributed by atoms with Gasteiger partial charge in [-0.05, 0) is 26.0 Å². The van der Waals surface area contributed by atoms with E-state index in [1.54, 1.807) is 24.6 Å². The number of H-pyrrole nitrogens is 1. The van der Waals surface area contributed by atoms with Gasteiger partial charge in [-0.1, -0.05) is 35.1 Å². The number of aromatic amines is 1. The summed E-state index contributed by atoms with van der Waals surface area (Å²) in [4.78, 5) is 32.0. The Morgan fingerprint density at radius 2 is 2.11 bits per heavy atom. The second-order valence-electron chi connectivity index (χ2n) is 6.07.